The summed E-state index contributed by atoms with van der Waals surface area (Å²) in [6, 6.07) is 4.02. The van der Waals surface area contributed by atoms with Crippen LogP contribution < -0.4 is 9.47 Å². The predicted octanol–water partition coefficient (Wildman–Crippen LogP) is 1.08. The van der Waals surface area contributed by atoms with E-state index in [-0.39, 0.29) is 10.6 Å². The summed E-state index contributed by atoms with van der Waals surface area (Å²) in [4.78, 5) is -0.0948. The summed E-state index contributed by atoms with van der Waals surface area (Å²) < 4.78 is 36.2. The van der Waals surface area contributed by atoms with Crippen molar-refractivity contribution in [2.45, 2.75) is 4.90 Å². The average Bonchev–Trinajstić information content (AvgIpc) is 2.28. The minimum atomic E-state index is -3.91. The van der Waals surface area contributed by atoms with Crippen LogP contribution in [-0.2, 0) is 14.3 Å². The van der Waals surface area contributed by atoms with Crippen LogP contribution in [0, 0.1) is 7.11 Å². The summed E-state index contributed by atoms with van der Waals surface area (Å²) in [5.74, 6) is 0.712. The molecule has 0 aromatic heterocycles. The fraction of sp³-hybridized carbons (Fsp3) is 0.222. The van der Waals surface area contributed by atoms with Gasteiger partial charge in [0, 0.05) is 6.07 Å². The predicted molar refractivity (Wildman–Crippen MR) is 52.1 cm³/mol. The molecule has 15 heavy (non-hydrogen) atoms. The summed E-state index contributed by atoms with van der Waals surface area (Å²) >= 11 is 0. The van der Waals surface area contributed by atoms with Gasteiger partial charge < -0.3 is 9.47 Å². The van der Waals surface area contributed by atoms with E-state index in [0.717, 1.165) is 0 Å². The third kappa shape index (κ3) is 2.40. The zero-order valence-corrected chi connectivity index (χ0v) is 9.08. The van der Waals surface area contributed by atoms with E-state index < -0.39 is 10.1 Å². The van der Waals surface area contributed by atoms with Gasteiger partial charge in [0.05, 0.1) is 19.1 Å². The third-order valence-electron chi connectivity index (χ3n) is 1.77. The Labute approximate surface area is 88.7 Å². The Hall–Kier alpha value is -1.27. The average molecular weight is 230 g/mol. The van der Waals surface area contributed by atoms with Crippen molar-refractivity contribution < 1.29 is 22.1 Å². The molecule has 0 amide bonds. The fourth-order valence-electron chi connectivity index (χ4n) is 1.03. The molecule has 0 spiro atoms. The molecule has 0 saturated heterocycles. The maximum atomic E-state index is 11.2. The van der Waals surface area contributed by atoms with Crippen molar-refractivity contribution in [3.63, 3.8) is 0 Å². The second kappa shape index (κ2) is 4.50. The molecule has 82 valence electrons. The molecule has 1 aromatic carbocycles. The lowest BCUT2D eigenvalue weighted by molar-refractivity contribution is 0.353. The second-order valence-electron chi connectivity index (χ2n) is 2.57. The van der Waals surface area contributed by atoms with Crippen LogP contribution in [0.15, 0.2) is 23.1 Å². The molecule has 6 heteroatoms. The molecule has 0 aliphatic heterocycles. The van der Waals surface area contributed by atoms with Gasteiger partial charge in [0.2, 0.25) is 0 Å². The Balaban J connectivity index is 3.26. The standard InChI is InChI=1S/C9H10O5S/c1-12-8-5-4-7(6-9(8)13-2)15(10,11)14-3/h3-6H,1-2H3. The molecular weight excluding hydrogens is 220 g/mol. The van der Waals surface area contributed by atoms with Crippen LogP contribution in [-0.4, -0.2) is 22.6 Å². The summed E-state index contributed by atoms with van der Waals surface area (Å²) in [5.41, 5.74) is 0. The Bertz CT molecular complexity index is 438. The van der Waals surface area contributed by atoms with Crippen molar-refractivity contribution in [1.82, 2.24) is 0 Å². The molecule has 1 aromatic rings. The molecule has 0 saturated carbocycles. The van der Waals surface area contributed by atoms with E-state index in [2.05, 4.69) is 11.3 Å². The zero-order valence-electron chi connectivity index (χ0n) is 8.26. The number of rotatable bonds is 4. The van der Waals surface area contributed by atoms with Gasteiger partial charge in [-0.2, -0.15) is 8.42 Å². The van der Waals surface area contributed by atoms with Crippen molar-refractivity contribution in [3.05, 3.63) is 25.3 Å². The number of methoxy groups -OCH3 is 2. The molecule has 0 fully saturated rings. The Morgan fingerprint density at radius 1 is 1.13 bits per heavy atom. The van der Waals surface area contributed by atoms with Crippen LogP contribution in [0.25, 0.3) is 0 Å². The van der Waals surface area contributed by atoms with Crippen molar-refractivity contribution in [2.75, 3.05) is 14.2 Å². The highest BCUT2D eigenvalue weighted by molar-refractivity contribution is 7.86. The van der Waals surface area contributed by atoms with Gasteiger partial charge in [0.15, 0.2) is 11.5 Å². The van der Waals surface area contributed by atoms with Gasteiger partial charge in [0.1, 0.15) is 7.11 Å². The molecule has 1 rings (SSSR count). The summed E-state index contributed by atoms with van der Waals surface area (Å²) in [7, 11) is 3.58. The minimum Gasteiger partial charge on any atom is -0.493 e. The molecule has 0 aliphatic rings. The maximum absolute atomic E-state index is 11.2. The summed E-state index contributed by atoms with van der Waals surface area (Å²) in [6.07, 6.45) is 0. The number of hydrogen-bond acceptors (Lipinski definition) is 5. The van der Waals surface area contributed by atoms with Gasteiger partial charge in [-0.3, -0.25) is 4.18 Å². The zero-order chi connectivity index (χ0) is 11.5. The summed E-state index contributed by atoms with van der Waals surface area (Å²) in [6.45, 7) is 0. The molecule has 0 atom stereocenters. The highest BCUT2D eigenvalue weighted by Crippen LogP contribution is 2.29. The lowest BCUT2D eigenvalue weighted by Gasteiger charge is -2.08. The molecule has 0 unspecified atom stereocenters. The molecular formula is C9H10O5S. The van der Waals surface area contributed by atoms with E-state index >= 15 is 0 Å². The lowest BCUT2D eigenvalue weighted by atomic mass is 10.3. The molecule has 2 radical (unpaired) electrons. The van der Waals surface area contributed by atoms with Crippen molar-refractivity contribution >= 4 is 10.1 Å². The van der Waals surface area contributed by atoms with Crippen LogP contribution in [0.2, 0.25) is 0 Å². The number of benzene rings is 1. The van der Waals surface area contributed by atoms with Crippen LogP contribution >= 0.6 is 0 Å². The fourth-order valence-corrected chi connectivity index (χ4v) is 1.62. The molecule has 0 aliphatic carbocycles. The van der Waals surface area contributed by atoms with Crippen LogP contribution in [0.4, 0.5) is 0 Å². The van der Waals surface area contributed by atoms with Crippen LogP contribution in [0.5, 0.6) is 11.5 Å². The van der Waals surface area contributed by atoms with E-state index in [1.165, 1.54) is 32.4 Å². The molecule has 0 N–H and O–H groups in total. The highest BCUT2D eigenvalue weighted by Gasteiger charge is 2.16. The number of ether oxygens (including phenoxy) is 2. The molecule has 0 bridgehead atoms. The first-order chi connectivity index (χ1) is 7.05. The number of hydrogen-bond donors (Lipinski definition) is 0. The van der Waals surface area contributed by atoms with E-state index in [9.17, 15) is 8.42 Å². The van der Waals surface area contributed by atoms with Crippen molar-refractivity contribution in [1.29, 1.82) is 0 Å². The largest absolute Gasteiger partial charge is 0.493 e. The van der Waals surface area contributed by atoms with Crippen LogP contribution in [0.1, 0.15) is 0 Å². The SMILES string of the molecule is [CH]OS(=O)(=O)c1ccc(OC)c(OC)c1. The maximum Gasteiger partial charge on any atom is 0.297 e. The Morgan fingerprint density at radius 3 is 2.20 bits per heavy atom. The van der Waals surface area contributed by atoms with Gasteiger partial charge in [-0.1, -0.05) is 0 Å². The Kier molecular flexibility index (Phi) is 3.54. The van der Waals surface area contributed by atoms with E-state index in [0.29, 0.717) is 5.75 Å². The quantitative estimate of drug-likeness (QED) is 0.724. The Morgan fingerprint density at radius 2 is 1.73 bits per heavy atom. The van der Waals surface area contributed by atoms with E-state index in [1.54, 1.807) is 0 Å². The van der Waals surface area contributed by atoms with Gasteiger partial charge in [-0.15, -0.1) is 0 Å². The van der Waals surface area contributed by atoms with Crippen molar-refractivity contribution in [3.8, 4) is 11.5 Å². The topological polar surface area (TPSA) is 61.8 Å². The van der Waals surface area contributed by atoms with E-state index in [4.69, 9.17) is 9.47 Å². The smallest absolute Gasteiger partial charge is 0.297 e. The summed E-state index contributed by atoms with van der Waals surface area (Å²) in [5, 5.41) is 0. The molecule has 0 heterocycles. The normalized spacial score (nSPS) is 11.1. The van der Waals surface area contributed by atoms with Crippen molar-refractivity contribution in [2.24, 2.45) is 0 Å². The minimum absolute atomic E-state index is 0.0948. The first-order valence-electron chi connectivity index (χ1n) is 3.90. The van der Waals surface area contributed by atoms with Gasteiger partial charge >= 0.3 is 0 Å². The van der Waals surface area contributed by atoms with E-state index in [1.807, 2.05) is 0 Å². The van der Waals surface area contributed by atoms with Crippen LogP contribution in [0.3, 0.4) is 0 Å². The first kappa shape index (κ1) is 11.8. The first-order valence-corrected chi connectivity index (χ1v) is 5.31. The highest BCUT2D eigenvalue weighted by atomic mass is 32.2. The van der Waals surface area contributed by atoms with Gasteiger partial charge in [-0.05, 0) is 12.1 Å². The monoisotopic (exact) mass is 230 g/mol. The van der Waals surface area contributed by atoms with Gasteiger partial charge in [-0.25, -0.2) is 0 Å². The second-order valence-corrected chi connectivity index (χ2v) is 4.14. The molecule has 5 nitrogen and oxygen atoms in total. The third-order valence-corrected chi connectivity index (χ3v) is 2.86. The lowest BCUT2D eigenvalue weighted by Crippen LogP contribution is -2.02. The van der Waals surface area contributed by atoms with Gasteiger partial charge in [0.25, 0.3) is 10.1 Å².